The molecule has 4 nitrogen and oxygen atoms in total. The highest BCUT2D eigenvalue weighted by Crippen LogP contribution is 2.19. The predicted octanol–water partition coefficient (Wildman–Crippen LogP) is 1.48. The Hall–Kier alpha value is -1.29. The SMILES string of the molecule is Cc1cc(N)ncc1NC1CCN(C)CC1. The number of likely N-dealkylation sites (tertiary alicyclic amines) is 1. The fourth-order valence-electron chi connectivity index (χ4n) is 2.10. The summed E-state index contributed by atoms with van der Waals surface area (Å²) in [5.74, 6) is 0.589. The van der Waals surface area contributed by atoms with Gasteiger partial charge in [-0.05, 0) is 51.5 Å². The number of anilines is 2. The highest BCUT2D eigenvalue weighted by Gasteiger charge is 2.16. The summed E-state index contributed by atoms with van der Waals surface area (Å²) >= 11 is 0. The molecule has 0 bridgehead atoms. The summed E-state index contributed by atoms with van der Waals surface area (Å²) in [5.41, 5.74) is 7.92. The Morgan fingerprint density at radius 3 is 2.75 bits per heavy atom. The third-order valence-corrected chi connectivity index (χ3v) is 3.21. The summed E-state index contributed by atoms with van der Waals surface area (Å²) in [4.78, 5) is 6.49. The molecule has 0 amide bonds. The molecule has 1 fully saturated rings. The second-order valence-electron chi connectivity index (χ2n) is 4.65. The molecule has 0 atom stereocenters. The first kappa shape index (κ1) is 11.2. The number of aromatic nitrogens is 1. The van der Waals surface area contributed by atoms with Gasteiger partial charge in [0.25, 0.3) is 0 Å². The van der Waals surface area contributed by atoms with Crippen molar-refractivity contribution in [3.8, 4) is 0 Å². The molecule has 0 aliphatic carbocycles. The lowest BCUT2D eigenvalue weighted by atomic mass is 10.0. The van der Waals surface area contributed by atoms with Gasteiger partial charge in [0.05, 0.1) is 11.9 Å². The van der Waals surface area contributed by atoms with E-state index in [0.717, 1.165) is 5.69 Å². The summed E-state index contributed by atoms with van der Waals surface area (Å²) in [6, 6.07) is 2.48. The Morgan fingerprint density at radius 2 is 2.12 bits per heavy atom. The Morgan fingerprint density at radius 1 is 1.44 bits per heavy atom. The molecule has 0 spiro atoms. The lowest BCUT2D eigenvalue weighted by molar-refractivity contribution is 0.264. The monoisotopic (exact) mass is 220 g/mol. The van der Waals surface area contributed by atoms with Gasteiger partial charge in [-0.15, -0.1) is 0 Å². The van der Waals surface area contributed by atoms with Crippen LogP contribution in [-0.2, 0) is 0 Å². The molecule has 88 valence electrons. The van der Waals surface area contributed by atoms with Gasteiger partial charge in [0.2, 0.25) is 0 Å². The summed E-state index contributed by atoms with van der Waals surface area (Å²) in [6.45, 7) is 4.40. The minimum absolute atomic E-state index is 0.570. The van der Waals surface area contributed by atoms with Crippen molar-refractivity contribution in [2.24, 2.45) is 0 Å². The van der Waals surface area contributed by atoms with E-state index in [1.165, 1.54) is 31.5 Å². The van der Waals surface area contributed by atoms with Gasteiger partial charge in [0.15, 0.2) is 0 Å². The fourth-order valence-corrected chi connectivity index (χ4v) is 2.10. The smallest absolute Gasteiger partial charge is 0.123 e. The van der Waals surface area contributed by atoms with E-state index in [-0.39, 0.29) is 0 Å². The van der Waals surface area contributed by atoms with Crippen LogP contribution >= 0.6 is 0 Å². The van der Waals surface area contributed by atoms with Crippen LogP contribution in [0.2, 0.25) is 0 Å². The molecule has 1 aliphatic rings. The van der Waals surface area contributed by atoms with Crippen LogP contribution in [0.15, 0.2) is 12.3 Å². The summed E-state index contributed by atoms with van der Waals surface area (Å²) < 4.78 is 0. The molecule has 1 aliphatic heterocycles. The third kappa shape index (κ3) is 2.64. The first-order valence-corrected chi connectivity index (χ1v) is 5.82. The number of piperidine rings is 1. The predicted molar refractivity (Wildman–Crippen MR) is 67.5 cm³/mol. The normalized spacial score (nSPS) is 18.6. The van der Waals surface area contributed by atoms with Crippen LogP contribution in [0.1, 0.15) is 18.4 Å². The van der Waals surface area contributed by atoms with Crippen LogP contribution < -0.4 is 11.1 Å². The molecular formula is C12H20N4. The molecule has 2 heterocycles. The highest BCUT2D eigenvalue weighted by molar-refractivity contribution is 5.53. The zero-order chi connectivity index (χ0) is 11.5. The fraction of sp³-hybridized carbons (Fsp3) is 0.583. The lowest BCUT2D eigenvalue weighted by Crippen LogP contribution is -2.36. The molecular weight excluding hydrogens is 200 g/mol. The number of hydrogen-bond donors (Lipinski definition) is 2. The summed E-state index contributed by atoms with van der Waals surface area (Å²) in [7, 11) is 2.17. The van der Waals surface area contributed by atoms with Gasteiger partial charge in [-0.1, -0.05) is 0 Å². The van der Waals surface area contributed by atoms with Crippen LogP contribution in [0.5, 0.6) is 0 Å². The van der Waals surface area contributed by atoms with E-state index < -0.39 is 0 Å². The Labute approximate surface area is 96.8 Å². The Kier molecular flexibility index (Phi) is 3.29. The van der Waals surface area contributed by atoms with Gasteiger partial charge >= 0.3 is 0 Å². The molecule has 1 saturated heterocycles. The van der Waals surface area contributed by atoms with Crippen molar-refractivity contribution >= 4 is 11.5 Å². The number of nitrogens with zero attached hydrogens (tertiary/aromatic N) is 2. The number of hydrogen-bond acceptors (Lipinski definition) is 4. The maximum absolute atomic E-state index is 5.63. The van der Waals surface area contributed by atoms with Gasteiger partial charge in [0.1, 0.15) is 5.82 Å². The van der Waals surface area contributed by atoms with Crippen LogP contribution in [0.25, 0.3) is 0 Å². The van der Waals surface area contributed by atoms with E-state index in [4.69, 9.17) is 5.73 Å². The standard InChI is InChI=1S/C12H20N4/c1-9-7-12(13)14-8-11(9)15-10-3-5-16(2)6-4-10/h7-8,10,15H,3-6H2,1-2H3,(H2,13,14). The number of pyridine rings is 1. The molecule has 16 heavy (non-hydrogen) atoms. The van der Waals surface area contributed by atoms with Crippen molar-refractivity contribution in [3.05, 3.63) is 17.8 Å². The molecule has 1 aromatic rings. The highest BCUT2D eigenvalue weighted by atomic mass is 15.1. The first-order chi connectivity index (χ1) is 7.65. The van der Waals surface area contributed by atoms with E-state index in [0.29, 0.717) is 11.9 Å². The molecule has 2 rings (SSSR count). The van der Waals surface area contributed by atoms with Crippen LogP contribution in [0.4, 0.5) is 11.5 Å². The van der Waals surface area contributed by atoms with E-state index in [2.05, 4.69) is 29.2 Å². The van der Waals surface area contributed by atoms with Crippen LogP contribution in [0.3, 0.4) is 0 Å². The molecule has 0 unspecified atom stereocenters. The molecule has 4 heteroatoms. The molecule has 3 N–H and O–H groups in total. The zero-order valence-electron chi connectivity index (χ0n) is 10.0. The van der Waals surface area contributed by atoms with Gasteiger partial charge in [-0.3, -0.25) is 0 Å². The van der Waals surface area contributed by atoms with Crippen LogP contribution in [0, 0.1) is 6.92 Å². The molecule has 0 saturated carbocycles. The van der Waals surface area contributed by atoms with E-state index in [9.17, 15) is 0 Å². The van der Waals surface area contributed by atoms with Gasteiger partial charge in [-0.2, -0.15) is 0 Å². The average Bonchev–Trinajstić information content (AvgIpc) is 2.25. The number of nitrogens with two attached hydrogens (primary N) is 1. The van der Waals surface area contributed by atoms with Crippen molar-refractivity contribution < 1.29 is 0 Å². The molecule has 0 radical (unpaired) electrons. The first-order valence-electron chi connectivity index (χ1n) is 5.82. The van der Waals surface area contributed by atoms with Gasteiger partial charge in [0, 0.05) is 6.04 Å². The van der Waals surface area contributed by atoms with Crippen molar-refractivity contribution in [2.45, 2.75) is 25.8 Å². The lowest BCUT2D eigenvalue weighted by Gasteiger charge is -2.30. The van der Waals surface area contributed by atoms with E-state index in [1.54, 1.807) is 0 Å². The van der Waals surface area contributed by atoms with Crippen molar-refractivity contribution in [2.75, 3.05) is 31.2 Å². The van der Waals surface area contributed by atoms with Crippen molar-refractivity contribution in [3.63, 3.8) is 0 Å². The van der Waals surface area contributed by atoms with E-state index in [1.807, 2.05) is 12.3 Å². The summed E-state index contributed by atoms with van der Waals surface area (Å²) in [6.07, 6.45) is 4.23. The minimum atomic E-state index is 0.570. The Bertz CT molecular complexity index is 356. The second kappa shape index (κ2) is 4.70. The van der Waals surface area contributed by atoms with Crippen molar-refractivity contribution in [1.29, 1.82) is 0 Å². The number of rotatable bonds is 2. The maximum Gasteiger partial charge on any atom is 0.123 e. The van der Waals surface area contributed by atoms with Crippen LogP contribution in [-0.4, -0.2) is 36.1 Å². The number of aryl methyl sites for hydroxylation is 1. The van der Waals surface area contributed by atoms with Gasteiger partial charge in [-0.25, -0.2) is 4.98 Å². The molecule has 0 aromatic carbocycles. The average molecular weight is 220 g/mol. The van der Waals surface area contributed by atoms with E-state index >= 15 is 0 Å². The van der Waals surface area contributed by atoms with Gasteiger partial charge < -0.3 is 16.0 Å². The number of nitrogens with one attached hydrogen (secondary N) is 1. The summed E-state index contributed by atoms with van der Waals surface area (Å²) in [5, 5.41) is 3.55. The Balaban J connectivity index is 1.98. The third-order valence-electron chi connectivity index (χ3n) is 3.21. The second-order valence-corrected chi connectivity index (χ2v) is 4.65. The minimum Gasteiger partial charge on any atom is -0.384 e. The largest absolute Gasteiger partial charge is 0.384 e. The quantitative estimate of drug-likeness (QED) is 0.792. The topological polar surface area (TPSA) is 54.2 Å². The van der Waals surface area contributed by atoms with Crippen molar-refractivity contribution in [1.82, 2.24) is 9.88 Å². The number of nitrogen functional groups attached to an aromatic ring is 1. The molecule has 1 aromatic heterocycles. The zero-order valence-corrected chi connectivity index (χ0v) is 10.0. The maximum atomic E-state index is 5.63.